The standard InChI is InChI=1S/C13H15NO/c15-12-11(6-7-13(12)9-14-13)8-10-4-2-1-3-5-10/h1-5,11,14H,6-9H2. The molecule has 2 unspecified atom stereocenters. The molecule has 0 radical (unpaired) electrons. The normalized spacial score (nSPS) is 33.6. The van der Waals surface area contributed by atoms with Crippen molar-refractivity contribution < 1.29 is 4.79 Å². The highest BCUT2D eigenvalue weighted by Gasteiger charge is 2.55. The van der Waals surface area contributed by atoms with Gasteiger partial charge in [-0.1, -0.05) is 30.3 Å². The minimum Gasteiger partial charge on any atom is -0.302 e. The van der Waals surface area contributed by atoms with E-state index >= 15 is 0 Å². The minimum absolute atomic E-state index is 0.0839. The van der Waals surface area contributed by atoms with Crippen LogP contribution in [0.5, 0.6) is 0 Å². The molecule has 2 atom stereocenters. The summed E-state index contributed by atoms with van der Waals surface area (Å²) >= 11 is 0. The number of ketones is 1. The molecule has 0 amide bonds. The molecule has 2 heteroatoms. The summed E-state index contributed by atoms with van der Waals surface area (Å²) in [7, 11) is 0. The van der Waals surface area contributed by atoms with Gasteiger partial charge in [-0.3, -0.25) is 4.79 Å². The van der Waals surface area contributed by atoms with Crippen LogP contribution < -0.4 is 5.32 Å². The highest BCUT2D eigenvalue weighted by atomic mass is 16.1. The maximum absolute atomic E-state index is 12.0. The SMILES string of the molecule is O=C1C(Cc2ccccc2)CCC12CN2. The molecule has 2 fully saturated rings. The summed E-state index contributed by atoms with van der Waals surface area (Å²) < 4.78 is 0. The smallest absolute Gasteiger partial charge is 0.157 e. The monoisotopic (exact) mass is 201 g/mol. The van der Waals surface area contributed by atoms with Gasteiger partial charge in [0.15, 0.2) is 5.78 Å². The fraction of sp³-hybridized carbons (Fsp3) is 0.462. The molecule has 2 aliphatic rings. The van der Waals surface area contributed by atoms with Crippen LogP contribution in [0.15, 0.2) is 30.3 Å². The van der Waals surface area contributed by atoms with Gasteiger partial charge in [0.2, 0.25) is 0 Å². The van der Waals surface area contributed by atoms with Gasteiger partial charge in [-0.2, -0.15) is 0 Å². The lowest BCUT2D eigenvalue weighted by Crippen LogP contribution is -2.25. The Bertz CT molecular complexity index is 381. The first-order chi connectivity index (χ1) is 7.30. The van der Waals surface area contributed by atoms with Crippen LogP contribution in [0.1, 0.15) is 18.4 Å². The topological polar surface area (TPSA) is 39.0 Å². The predicted octanol–water partition coefficient (Wildman–Crippen LogP) is 1.55. The minimum atomic E-state index is -0.0839. The molecule has 15 heavy (non-hydrogen) atoms. The van der Waals surface area contributed by atoms with E-state index in [1.165, 1.54) is 5.56 Å². The fourth-order valence-corrected chi connectivity index (χ4v) is 2.62. The molecule has 3 rings (SSSR count). The van der Waals surface area contributed by atoms with Gasteiger partial charge in [0.1, 0.15) is 0 Å². The molecular weight excluding hydrogens is 186 g/mol. The van der Waals surface area contributed by atoms with Crippen LogP contribution in [0.3, 0.4) is 0 Å². The molecular formula is C13H15NO. The molecule has 0 aromatic heterocycles. The first kappa shape index (κ1) is 9.10. The first-order valence-electron chi connectivity index (χ1n) is 5.63. The Kier molecular flexibility index (Phi) is 1.93. The molecule has 1 saturated carbocycles. The number of benzene rings is 1. The van der Waals surface area contributed by atoms with Crippen molar-refractivity contribution in [2.24, 2.45) is 5.92 Å². The third-order valence-corrected chi connectivity index (χ3v) is 3.69. The molecule has 0 bridgehead atoms. The number of Topliss-reactive ketones (excluding diaryl/α,β-unsaturated/α-hetero) is 1. The van der Waals surface area contributed by atoms with Crippen molar-refractivity contribution in [1.29, 1.82) is 0 Å². The first-order valence-corrected chi connectivity index (χ1v) is 5.63. The van der Waals surface area contributed by atoms with Crippen LogP contribution in [-0.4, -0.2) is 17.9 Å². The molecule has 1 aliphatic heterocycles. The zero-order valence-corrected chi connectivity index (χ0v) is 8.70. The second kappa shape index (κ2) is 3.17. The van der Waals surface area contributed by atoms with Crippen LogP contribution in [0, 0.1) is 5.92 Å². The second-order valence-corrected chi connectivity index (χ2v) is 4.73. The summed E-state index contributed by atoms with van der Waals surface area (Å²) in [4.78, 5) is 12.0. The van der Waals surface area contributed by atoms with Crippen LogP contribution in [-0.2, 0) is 11.2 Å². The van der Waals surface area contributed by atoms with Crippen molar-refractivity contribution >= 4 is 5.78 Å². The number of rotatable bonds is 2. The van der Waals surface area contributed by atoms with E-state index in [9.17, 15) is 4.79 Å². The van der Waals surface area contributed by atoms with Gasteiger partial charge in [-0.05, 0) is 24.8 Å². The number of carbonyl (C=O) groups excluding carboxylic acids is 1. The Hall–Kier alpha value is -1.15. The molecule has 1 aromatic carbocycles. The summed E-state index contributed by atoms with van der Waals surface area (Å²) in [6.07, 6.45) is 3.02. The Morgan fingerprint density at radius 2 is 2.07 bits per heavy atom. The van der Waals surface area contributed by atoms with Crippen LogP contribution in [0.25, 0.3) is 0 Å². The molecule has 1 N–H and O–H groups in total. The van der Waals surface area contributed by atoms with Crippen molar-refractivity contribution in [2.45, 2.75) is 24.8 Å². The van der Waals surface area contributed by atoms with Crippen LogP contribution >= 0.6 is 0 Å². The van der Waals surface area contributed by atoms with Crippen LogP contribution in [0.4, 0.5) is 0 Å². The maximum atomic E-state index is 12.0. The van der Waals surface area contributed by atoms with E-state index in [4.69, 9.17) is 0 Å². The molecule has 78 valence electrons. The van der Waals surface area contributed by atoms with E-state index in [0.717, 1.165) is 25.8 Å². The van der Waals surface area contributed by atoms with Crippen molar-refractivity contribution in [1.82, 2.24) is 5.32 Å². The summed E-state index contributed by atoms with van der Waals surface area (Å²) in [6, 6.07) is 10.3. The zero-order chi connectivity index (χ0) is 10.3. The largest absolute Gasteiger partial charge is 0.302 e. The second-order valence-electron chi connectivity index (χ2n) is 4.73. The Labute approximate surface area is 89.7 Å². The van der Waals surface area contributed by atoms with Gasteiger partial charge < -0.3 is 5.32 Å². The van der Waals surface area contributed by atoms with Gasteiger partial charge in [0.05, 0.1) is 5.54 Å². The number of nitrogens with one attached hydrogen (secondary N) is 1. The number of hydrogen-bond acceptors (Lipinski definition) is 2. The van der Waals surface area contributed by atoms with E-state index in [1.807, 2.05) is 18.2 Å². The molecule has 1 heterocycles. The van der Waals surface area contributed by atoms with E-state index in [0.29, 0.717) is 5.78 Å². The highest BCUT2D eigenvalue weighted by Crippen LogP contribution is 2.38. The molecule has 1 spiro atoms. The van der Waals surface area contributed by atoms with E-state index < -0.39 is 0 Å². The van der Waals surface area contributed by atoms with Crippen LogP contribution in [0.2, 0.25) is 0 Å². The highest BCUT2D eigenvalue weighted by molar-refractivity contribution is 5.95. The van der Waals surface area contributed by atoms with E-state index in [1.54, 1.807) is 0 Å². The quantitative estimate of drug-likeness (QED) is 0.737. The number of hydrogen-bond donors (Lipinski definition) is 1. The van der Waals surface area contributed by atoms with E-state index in [-0.39, 0.29) is 11.5 Å². The van der Waals surface area contributed by atoms with Gasteiger partial charge in [0.25, 0.3) is 0 Å². The fourth-order valence-electron chi connectivity index (χ4n) is 2.62. The Morgan fingerprint density at radius 1 is 1.33 bits per heavy atom. The molecule has 1 aromatic rings. The van der Waals surface area contributed by atoms with Gasteiger partial charge >= 0.3 is 0 Å². The van der Waals surface area contributed by atoms with Crippen molar-refractivity contribution in [3.8, 4) is 0 Å². The third kappa shape index (κ3) is 1.49. The average Bonchev–Trinajstić information content (AvgIpc) is 3.00. The third-order valence-electron chi connectivity index (χ3n) is 3.69. The summed E-state index contributed by atoms with van der Waals surface area (Å²) in [6.45, 7) is 0.914. The maximum Gasteiger partial charge on any atom is 0.157 e. The number of carbonyl (C=O) groups is 1. The summed E-state index contributed by atoms with van der Waals surface area (Å²) in [5, 5.41) is 3.23. The van der Waals surface area contributed by atoms with Gasteiger partial charge in [0, 0.05) is 12.5 Å². The Morgan fingerprint density at radius 3 is 2.67 bits per heavy atom. The summed E-state index contributed by atoms with van der Waals surface area (Å²) in [5.41, 5.74) is 1.20. The Balaban J connectivity index is 1.72. The molecule has 1 aliphatic carbocycles. The van der Waals surface area contributed by atoms with Crippen molar-refractivity contribution in [3.05, 3.63) is 35.9 Å². The lowest BCUT2D eigenvalue weighted by molar-refractivity contribution is -0.122. The molecule has 2 nitrogen and oxygen atoms in total. The lowest BCUT2D eigenvalue weighted by Gasteiger charge is -2.08. The lowest BCUT2D eigenvalue weighted by atomic mass is 9.95. The van der Waals surface area contributed by atoms with Gasteiger partial charge in [-0.15, -0.1) is 0 Å². The zero-order valence-electron chi connectivity index (χ0n) is 8.70. The summed E-state index contributed by atoms with van der Waals surface area (Å²) in [5.74, 6) is 0.703. The van der Waals surface area contributed by atoms with Crippen molar-refractivity contribution in [3.63, 3.8) is 0 Å². The van der Waals surface area contributed by atoms with Crippen molar-refractivity contribution in [2.75, 3.05) is 6.54 Å². The van der Waals surface area contributed by atoms with Gasteiger partial charge in [-0.25, -0.2) is 0 Å². The van der Waals surface area contributed by atoms with E-state index in [2.05, 4.69) is 17.4 Å². The predicted molar refractivity (Wildman–Crippen MR) is 58.6 cm³/mol. The average molecular weight is 201 g/mol. The molecule has 1 saturated heterocycles.